The molecule has 0 nitrogen and oxygen atoms in total. The molecule has 0 fully saturated rings. The van der Waals surface area contributed by atoms with Crippen LogP contribution in [0.5, 0.6) is 0 Å². The van der Waals surface area contributed by atoms with E-state index in [1.807, 2.05) is 0 Å². The fourth-order valence-electron chi connectivity index (χ4n) is 2.10. The minimum atomic E-state index is 0.936. The average molecular weight is 277 g/mol. The Hall–Kier alpha value is 0.480. The van der Waals surface area contributed by atoms with Crippen molar-refractivity contribution in [3.8, 4) is 0 Å². The van der Waals surface area contributed by atoms with Crippen molar-refractivity contribution in [1.82, 2.24) is 0 Å². The van der Waals surface area contributed by atoms with Gasteiger partial charge in [-0.15, -0.1) is 0 Å². The van der Waals surface area contributed by atoms with Crippen LogP contribution in [0.1, 0.15) is 78.1 Å². The molecular weight excluding hydrogens is 248 g/mol. The zero-order valence-electron chi connectivity index (χ0n) is 10.7. The Morgan fingerprint density at radius 2 is 1.33 bits per heavy atom. The molecule has 0 aromatic rings. The molecule has 15 heavy (non-hydrogen) atoms. The van der Waals surface area contributed by atoms with Crippen LogP contribution in [0, 0.1) is 5.92 Å². The molecule has 1 heteroatoms. The number of halogens is 1. The van der Waals surface area contributed by atoms with Gasteiger partial charge >= 0.3 is 0 Å². The number of unbranched alkanes of at least 4 members (excludes halogenated alkanes) is 6. The molecule has 0 heterocycles. The van der Waals surface area contributed by atoms with E-state index in [0.29, 0.717) is 0 Å². The van der Waals surface area contributed by atoms with Gasteiger partial charge in [-0.2, -0.15) is 0 Å². The Bertz CT molecular complexity index is 112. The molecule has 92 valence electrons. The maximum absolute atomic E-state index is 3.62. The van der Waals surface area contributed by atoms with Crippen LogP contribution in [0.15, 0.2) is 0 Å². The fraction of sp³-hybridized carbons (Fsp3) is 1.00. The highest BCUT2D eigenvalue weighted by Crippen LogP contribution is 2.18. The molecule has 0 aliphatic rings. The van der Waals surface area contributed by atoms with Gasteiger partial charge in [0.25, 0.3) is 0 Å². The van der Waals surface area contributed by atoms with Crippen molar-refractivity contribution in [3.63, 3.8) is 0 Å². The highest BCUT2D eigenvalue weighted by atomic mass is 79.9. The van der Waals surface area contributed by atoms with Gasteiger partial charge < -0.3 is 0 Å². The topological polar surface area (TPSA) is 0 Å². The highest BCUT2D eigenvalue weighted by molar-refractivity contribution is 9.09. The van der Waals surface area contributed by atoms with E-state index < -0.39 is 0 Å². The average Bonchev–Trinajstić information content (AvgIpc) is 2.26. The molecule has 0 aliphatic carbocycles. The van der Waals surface area contributed by atoms with E-state index in [9.17, 15) is 0 Å². The van der Waals surface area contributed by atoms with Gasteiger partial charge in [0.1, 0.15) is 0 Å². The maximum Gasteiger partial charge on any atom is 0.00596 e. The predicted molar refractivity (Wildman–Crippen MR) is 74.8 cm³/mol. The van der Waals surface area contributed by atoms with Crippen LogP contribution in [0.4, 0.5) is 0 Å². The predicted octanol–water partition coefficient (Wildman–Crippen LogP) is 5.94. The summed E-state index contributed by atoms with van der Waals surface area (Å²) in [6, 6.07) is 0. The molecule has 0 amide bonds. The van der Waals surface area contributed by atoms with Crippen molar-refractivity contribution in [1.29, 1.82) is 0 Å². The first-order valence-electron chi connectivity index (χ1n) is 6.91. The van der Waals surface area contributed by atoms with Gasteiger partial charge in [-0.1, -0.05) is 81.1 Å². The maximum atomic E-state index is 3.62. The molecule has 0 N–H and O–H groups in total. The van der Waals surface area contributed by atoms with E-state index in [2.05, 4.69) is 29.8 Å². The molecular formula is C14H29Br. The van der Waals surface area contributed by atoms with E-state index in [-0.39, 0.29) is 0 Å². The van der Waals surface area contributed by atoms with Crippen LogP contribution in [-0.4, -0.2) is 5.33 Å². The zero-order valence-corrected chi connectivity index (χ0v) is 12.3. The molecule has 0 radical (unpaired) electrons. The van der Waals surface area contributed by atoms with Crippen LogP contribution >= 0.6 is 15.9 Å². The summed E-state index contributed by atoms with van der Waals surface area (Å²) in [6.07, 6.45) is 14.2. The quantitative estimate of drug-likeness (QED) is 0.324. The summed E-state index contributed by atoms with van der Waals surface area (Å²) in [4.78, 5) is 0. The number of hydrogen-bond acceptors (Lipinski definition) is 0. The summed E-state index contributed by atoms with van der Waals surface area (Å²) in [5.41, 5.74) is 0. The standard InChI is InChI=1S/C14H29Br/c1-3-5-6-7-8-9-10-12-14(13-15)11-4-2/h14H,3-13H2,1-2H3/t14-/m0/s1. The summed E-state index contributed by atoms with van der Waals surface area (Å²) in [5, 5.41) is 1.21. The Morgan fingerprint density at radius 1 is 0.733 bits per heavy atom. The van der Waals surface area contributed by atoms with E-state index in [0.717, 1.165) is 5.92 Å². The van der Waals surface area contributed by atoms with Crippen molar-refractivity contribution in [3.05, 3.63) is 0 Å². The molecule has 0 saturated carbocycles. The Labute approximate surface area is 105 Å². The summed E-state index contributed by atoms with van der Waals surface area (Å²) < 4.78 is 0. The second-order valence-corrected chi connectivity index (χ2v) is 5.37. The van der Waals surface area contributed by atoms with Crippen molar-refractivity contribution >= 4 is 15.9 Å². The lowest BCUT2D eigenvalue weighted by molar-refractivity contribution is 0.459. The molecule has 1 atom stereocenters. The largest absolute Gasteiger partial charge is 0.0925 e. The first-order chi connectivity index (χ1) is 7.35. The van der Waals surface area contributed by atoms with Crippen LogP contribution in [0.3, 0.4) is 0 Å². The number of hydrogen-bond donors (Lipinski definition) is 0. The van der Waals surface area contributed by atoms with Gasteiger partial charge in [0.05, 0.1) is 0 Å². The molecule has 0 aromatic carbocycles. The minimum Gasteiger partial charge on any atom is -0.0925 e. The van der Waals surface area contributed by atoms with Crippen LogP contribution in [0.25, 0.3) is 0 Å². The minimum absolute atomic E-state index is 0.936. The normalized spacial score (nSPS) is 13.0. The SMILES string of the molecule is CCCCCCCCC[C@@H](CBr)CCC. The summed E-state index contributed by atoms with van der Waals surface area (Å²) in [7, 11) is 0. The smallest absolute Gasteiger partial charge is 0.00596 e. The van der Waals surface area contributed by atoms with Crippen LogP contribution < -0.4 is 0 Å². The molecule has 0 spiro atoms. The van der Waals surface area contributed by atoms with Gasteiger partial charge in [-0.25, -0.2) is 0 Å². The number of rotatable bonds is 11. The molecule has 0 aromatic heterocycles. The van der Waals surface area contributed by atoms with Crippen molar-refractivity contribution in [2.45, 2.75) is 78.1 Å². The van der Waals surface area contributed by atoms with E-state index in [1.54, 1.807) is 0 Å². The Morgan fingerprint density at radius 3 is 1.87 bits per heavy atom. The van der Waals surface area contributed by atoms with Crippen LogP contribution in [-0.2, 0) is 0 Å². The van der Waals surface area contributed by atoms with E-state index >= 15 is 0 Å². The van der Waals surface area contributed by atoms with E-state index in [1.165, 1.54) is 69.5 Å². The van der Waals surface area contributed by atoms with Crippen molar-refractivity contribution < 1.29 is 0 Å². The first-order valence-corrected chi connectivity index (χ1v) is 8.03. The second kappa shape index (κ2) is 12.5. The lowest BCUT2D eigenvalue weighted by atomic mass is 9.98. The fourth-order valence-corrected chi connectivity index (χ4v) is 2.74. The monoisotopic (exact) mass is 276 g/mol. The van der Waals surface area contributed by atoms with Crippen molar-refractivity contribution in [2.75, 3.05) is 5.33 Å². The third-order valence-electron chi connectivity index (χ3n) is 3.13. The number of alkyl halides is 1. The molecule has 0 bridgehead atoms. The van der Waals surface area contributed by atoms with Crippen molar-refractivity contribution in [2.24, 2.45) is 5.92 Å². The van der Waals surface area contributed by atoms with E-state index in [4.69, 9.17) is 0 Å². The zero-order chi connectivity index (χ0) is 11.4. The molecule has 0 saturated heterocycles. The lowest BCUT2D eigenvalue weighted by Gasteiger charge is -2.12. The third kappa shape index (κ3) is 10.8. The third-order valence-corrected chi connectivity index (χ3v) is 4.05. The Balaban J connectivity index is 3.14. The summed E-state index contributed by atoms with van der Waals surface area (Å²) >= 11 is 3.62. The molecule has 0 rings (SSSR count). The highest BCUT2D eigenvalue weighted by Gasteiger charge is 2.04. The molecule has 0 unspecified atom stereocenters. The van der Waals surface area contributed by atoms with Gasteiger partial charge in [0.15, 0.2) is 0 Å². The molecule has 0 aliphatic heterocycles. The van der Waals surface area contributed by atoms with Gasteiger partial charge in [-0.05, 0) is 18.8 Å². The van der Waals surface area contributed by atoms with Gasteiger partial charge in [-0.3, -0.25) is 0 Å². The lowest BCUT2D eigenvalue weighted by Crippen LogP contribution is -2.01. The summed E-state index contributed by atoms with van der Waals surface area (Å²) in [5.74, 6) is 0.936. The second-order valence-electron chi connectivity index (χ2n) is 4.72. The Kier molecular flexibility index (Phi) is 13.0. The summed E-state index contributed by atoms with van der Waals surface area (Å²) in [6.45, 7) is 4.58. The van der Waals surface area contributed by atoms with Gasteiger partial charge in [0.2, 0.25) is 0 Å². The van der Waals surface area contributed by atoms with Crippen LogP contribution in [0.2, 0.25) is 0 Å². The first kappa shape index (κ1) is 15.5. The van der Waals surface area contributed by atoms with Gasteiger partial charge in [0, 0.05) is 5.33 Å².